The number of carbonyl (C=O) groups excluding carboxylic acids is 1. The lowest BCUT2D eigenvalue weighted by atomic mass is 9.99. The number of hydrogen-bond acceptors (Lipinski definition) is 2. The van der Waals surface area contributed by atoms with Crippen LogP contribution in [0.3, 0.4) is 0 Å². The first kappa shape index (κ1) is 12.5. The molecule has 1 amide bonds. The SMILES string of the molecule is CCC1(CNC(=O)CCC(C)(C)N)CC1. The molecule has 0 bridgehead atoms. The van der Waals surface area contributed by atoms with Gasteiger partial charge >= 0.3 is 0 Å². The van der Waals surface area contributed by atoms with Crippen molar-refractivity contribution in [3.63, 3.8) is 0 Å². The highest BCUT2D eigenvalue weighted by atomic mass is 16.1. The minimum absolute atomic E-state index is 0.147. The molecule has 0 atom stereocenters. The molecule has 0 heterocycles. The van der Waals surface area contributed by atoms with Gasteiger partial charge in [-0.25, -0.2) is 0 Å². The summed E-state index contributed by atoms with van der Waals surface area (Å²) in [6.45, 7) is 6.96. The summed E-state index contributed by atoms with van der Waals surface area (Å²) in [7, 11) is 0. The molecule has 0 spiro atoms. The zero-order valence-corrected chi connectivity index (χ0v) is 10.2. The highest BCUT2D eigenvalue weighted by molar-refractivity contribution is 5.76. The number of amides is 1. The topological polar surface area (TPSA) is 55.1 Å². The van der Waals surface area contributed by atoms with Gasteiger partial charge in [0.05, 0.1) is 0 Å². The van der Waals surface area contributed by atoms with Crippen LogP contribution in [0.4, 0.5) is 0 Å². The fraction of sp³-hybridized carbons (Fsp3) is 0.917. The standard InChI is InChI=1S/C12H24N2O/c1-4-12(7-8-12)9-14-10(15)5-6-11(2,3)13/h4-9,13H2,1-3H3,(H,14,15). The van der Waals surface area contributed by atoms with E-state index >= 15 is 0 Å². The average Bonchev–Trinajstić information content (AvgIpc) is 2.91. The van der Waals surface area contributed by atoms with Gasteiger partial charge in [0.2, 0.25) is 5.91 Å². The van der Waals surface area contributed by atoms with Crippen molar-refractivity contribution in [2.75, 3.05) is 6.54 Å². The molecule has 88 valence electrons. The largest absolute Gasteiger partial charge is 0.356 e. The normalized spacial score (nSPS) is 18.7. The third-order valence-electron chi connectivity index (χ3n) is 3.36. The molecule has 3 nitrogen and oxygen atoms in total. The van der Waals surface area contributed by atoms with Crippen LogP contribution in [-0.4, -0.2) is 18.0 Å². The molecule has 1 saturated carbocycles. The fourth-order valence-corrected chi connectivity index (χ4v) is 1.64. The summed E-state index contributed by atoms with van der Waals surface area (Å²) < 4.78 is 0. The quantitative estimate of drug-likeness (QED) is 0.705. The maximum absolute atomic E-state index is 11.5. The van der Waals surface area contributed by atoms with Crippen molar-refractivity contribution in [3.8, 4) is 0 Å². The van der Waals surface area contributed by atoms with E-state index in [9.17, 15) is 4.79 Å². The molecule has 0 aromatic carbocycles. The van der Waals surface area contributed by atoms with Gasteiger partial charge in [-0.2, -0.15) is 0 Å². The summed E-state index contributed by atoms with van der Waals surface area (Å²) in [5.74, 6) is 0.147. The lowest BCUT2D eigenvalue weighted by Crippen LogP contribution is -2.35. The second-order valence-electron chi connectivity index (χ2n) is 5.62. The van der Waals surface area contributed by atoms with Crippen molar-refractivity contribution >= 4 is 5.91 Å². The minimum atomic E-state index is -0.237. The maximum Gasteiger partial charge on any atom is 0.220 e. The van der Waals surface area contributed by atoms with Crippen LogP contribution in [0.15, 0.2) is 0 Å². The first-order chi connectivity index (χ1) is 6.87. The van der Waals surface area contributed by atoms with Crippen LogP contribution in [0.1, 0.15) is 52.9 Å². The second-order valence-corrected chi connectivity index (χ2v) is 5.62. The Hall–Kier alpha value is -0.570. The van der Waals surface area contributed by atoms with Crippen molar-refractivity contribution in [3.05, 3.63) is 0 Å². The van der Waals surface area contributed by atoms with E-state index in [0.717, 1.165) is 13.0 Å². The molecule has 1 aliphatic carbocycles. The van der Waals surface area contributed by atoms with Crippen molar-refractivity contribution in [1.82, 2.24) is 5.32 Å². The van der Waals surface area contributed by atoms with Gasteiger partial charge in [0.25, 0.3) is 0 Å². The van der Waals surface area contributed by atoms with Gasteiger partial charge in [-0.15, -0.1) is 0 Å². The van der Waals surface area contributed by atoms with E-state index < -0.39 is 0 Å². The van der Waals surface area contributed by atoms with Crippen LogP contribution in [-0.2, 0) is 4.79 Å². The van der Waals surface area contributed by atoms with E-state index in [4.69, 9.17) is 5.73 Å². The average molecular weight is 212 g/mol. The summed E-state index contributed by atoms with van der Waals surface area (Å²) in [5.41, 5.74) is 6.03. The third-order valence-corrected chi connectivity index (χ3v) is 3.36. The number of hydrogen-bond donors (Lipinski definition) is 2. The number of nitrogens with one attached hydrogen (secondary N) is 1. The lowest BCUT2D eigenvalue weighted by molar-refractivity contribution is -0.121. The molecule has 0 aromatic heterocycles. The van der Waals surface area contributed by atoms with Crippen LogP contribution in [0.5, 0.6) is 0 Å². The second kappa shape index (κ2) is 4.52. The third kappa shape index (κ3) is 4.65. The predicted molar refractivity (Wildman–Crippen MR) is 62.5 cm³/mol. The van der Waals surface area contributed by atoms with Gasteiger partial charge in [-0.3, -0.25) is 4.79 Å². The molecule has 3 heteroatoms. The Balaban J connectivity index is 2.14. The molecule has 0 radical (unpaired) electrons. The van der Waals surface area contributed by atoms with Crippen LogP contribution < -0.4 is 11.1 Å². The molecular weight excluding hydrogens is 188 g/mol. The van der Waals surface area contributed by atoms with Gasteiger partial charge < -0.3 is 11.1 Å². The number of carbonyl (C=O) groups is 1. The highest BCUT2D eigenvalue weighted by Crippen LogP contribution is 2.47. The van der Waals surface area contributed by atoms with E-state index in [2.05, 4.69) is 12.2 Å². The molecule has 1 fully saturated rings. The Morgan fingerprint density at radius 2 is 2.07 bits per heavy atom. The fourth-order valence-electron chi connectivity index (χ4n) is 1.64. The molecule has 0 unspecified atom stereocenters. The van der Waals surface area contributed by atoms with E-state index in [1.165, 1.54) is 19.3 Å². The molecule has 0 aliphatic heterocycles. The Labute approximate surface area is 92.8 Å². The Morgan fingerprint density at radius 1 is 1.47 bits per heavy atom. The Bertz CT molecular complexity index is 226. The van der Waals surface area contributed by atoms with Crippen LogP contribution >= 0.6 is 0 Å². The molecular formula is C12H24N2O. The number of rotatable bonds is 6. The van der Waals surface area contributed by atoms with Crippen molar-refractivity contribution < 1.29 is 4.79 Å². The zero-order chi connectivity index (χ0) is 11.5. The van der Waals surface area contributed by atoms with Gasteiger partial charge in [-0.1, -0.05) is 6.92 Å². The molecule has 0 saturated heterocycles. The first-order valence-corrected chi connectivity index (χ1v) is 5.92. The van der Waals surface area contributed by atoms with Crippen molar-refractivity contribution in [2.45, 2.75) is 58.4 Å². The summed E-state index contributed by atoms with van der Waals surface area (Å²) in [4.78, 5) is 11.5. The molecule has 1 aliphatic rings. The van der Waals surface area contributed by atoms with Gasteiger partial charge in [-0.05, 0) is 44.9 Å². The summed E-state index contributed by atoms with van der Waals surface area (Å²) in [5, 5.41) is 3.01. The van der Waals surface area contributed by atoms with Gasteiger partial charge in [0, 0.05) is 18.5 Å². The summed E-state index contributed by atoms with van der Waals surface area (Å²) in [6, 6.07) is 0. The van der Waals surface area contributed by atoms with E-state index in [1.54, 1.807) is 0 Å². The van der Waals surface area contributed by atoms with E-state index in [1.807, 2.05) is 13.8 Å². The molecule has 15 heavy (non-hydrogen) atoms. The highest BCUT2D eigenvalue weighted by Gasteiger charge is 2.40. The van der Waals surface area contributed by atoms with Crippen LogP contribution in [0, 0.1) is 5.41 Å². The smallest absolute Gasteiger partial charge is 0.220 e. The predicted octanol–water partition coefficient (Wildman–Crippen LogP) is 1.81. The van der Waals surface area contributed by atoms with Gasteiger partial charge in [0.1, 0.15) is 0 Å². The Kier molecular flexibility index (Phi) is 3.77. The summed E-state index contributed by atoms with van der Waals surface area (Å²) in [6.07, 6.45) is 5.01. The Morgan fingerprint density at radius 3 is 2.47 bits per heavy atom. The minimum Gasteiger partial charge on any atom is -0.356 e. The van der Waals surface area contributed by atoms with E-state index in [0.29, 0.717) is 11.8 Å². The molecule has 3 N–H and O–H groups in total. The number of nitrogens with two attached hydrogens (primary N) is 1. The molecule has 1 rings (SSSR count). The van der Waals surface area contributed by atoms with Gasteiger partial charge in [0.15, 0.2) is 0 Å². The van der Waals surface area contributed by atoms with Crippen molar-refractivity contribution in [2.24, 2.45) is 11.1 Å². The first-order valence-electron chi connectivity index (χ1n) is 5.92. The molecule has 0 aromatic rings. The zero-order valence-electron chi connectivity index (χ0n) is 10.2. The monoisotopic (exact) mass is 212 g/mol. The van der Waals surface area contributed by atoms with Crippen LogP contribution in [0.2, 0.25) is 0 Å². The van der Waals surface area contributed by atoms with E-state index in [-0.39, 0.29) is 11.4 Å². The summed E-state index contributed by atoms with van der Waals surface area (Å²) >= 11 is 0. The van der Waals surface area contributed by atoms with Crippen molar-refractivity contribution in [1.29, 1.82) is 0 Å². The maximum atomic E-state index is 11.5. The van der Waals surface area contributed by atoms with Crippen LogP contribution in [0.25, 0.3) is 0 Å². The lowest BCUT2D eigenvalue weighted by Gasteiger charge is -2.18.